The van der Waals surface area contributed by atoms with Crippen LogP contribution in [-0.4, -0.2) is 75.4 Å². The normalized spacial score (nSPS) is 25.5. The minimum absolute atomic E-state index is 0.0152. The van der Waals surface area contributed by atoms with E-state index in [-0.39, 0.29) is 36.6 Å². The Morgan fingerprint density at radius 2 is 2.05 bits per heavy atom. The lowest BCUT2D eigenvalue weighted by molar-refractivity contribution is -0.135. The van der Waals surface area contributed by atoms with E-state index in [0.29, 0.717) is 49.3 Å². The highest BCUT2D eigenvalue weighted by molar-refractivity contribution is 6.00. The zero-order valence-corrected chi connectivity index (χ0v) is 22.1. The van der Waals surface area contributed by atoms with Gasteiger partial charge in [0.25, 0.3) is 0 Å². The van der Waals surface area contributed by atoms with Crippen LogP contribution in [0.15, 0.2) is 23.0 Å². The molecule has 0 aliphatic carbocycles. The molecular weight excluding hydrogens is 490 g/mol. The maximum Gasteiger partial charge on any atom is 0.410 e. The van der Waals surface area contributed by atoms with Crippen LogP contribution >= 0.6 is 0 Å². The first kappa shape index (κ1) is 26.0. The Balaban J connectivity index is 1.42. The molecule has 11 heteroatoms. The first-order chi connectivity index (χ1) is 18.0. The maximum absolute atomic E-state index is 13.2. The first-order valence-electron chi connectivity index (χ1n) is 12.8. The number of hydrogen-bond donors (Lipinski definition) is 2. The molecule has 3 aliphatic rings. The molecule has 3 atom stereocenters. The summed E-state index contributed by atoms with van der Waals surface area (Å²) in [4.78, 5) is 51.8. The van der Waals surface area contributed by atoms with Gasteiger partial charge in [-0.25, -0.2) is 9.59 Å². The second-order valence-corrected chi connectivity index (χ2v) is 11.3. The van der Waals surface area contributed by atoms with E-state index in [1.165, 1.54) is 9.13 Å². The highest BCUT2D eigenvalue weighted by Gasteiger charge is 2.44. The number of carbonyl (C=O) groups is 3. The molecule has 5 rings (SSSR count). The molecule has 0 spiro atoms. The number of benzene rings is 1. The Morgan fingerprint density at radius 1 is 1.26 bits per heavy atom. The van der Waals surface area contributed by atoms with Crippen molar-refractivity contribution in [1.82, 2.24) is 24.7 Å². The van der Waals surface area contributed by atoms with Crippen LogP contribution in [0.3, 0.4) is 0 Å². The summed E-state index contributed by atoms with van der Waals surface area (Å²) < 4.78 is 14.4. The third-order valence-electron chi connectivity index (χ3n) is 7.07. The topological polar surface area (TPSA) is 124 Å². The first-order valence-corrected chi connectivity index (χ1v) is 12.8. The Bertz CT molecular complexity index is 1420. The van der Waals surface area contributed by atoms with Gasteiger partial charge in [-0.3, -0.25) is 24.0 Å². The van der Waals surface area contributed by atoms with E-state index in [1.807, 2.05) is 26.8 Å². The number of ether oxygens (including phenoxy) is 2. The van der Waals surface area contributed by atoms with Crippen molar-refractivity contribution < 1.29 is 23.9 Å². The standard InChI is InChI=1S/C27H33N5O6/c1-26(2,3)38-25(36)31-13-18-14-37-16-27(15-31,29-18)12-6-8-17-7-5-9-19-22(17)30(4)24(35)32(19)20-10-11-21(33)28-23(20)34/h5,7,9,18,20,29H,10-16H2,1-4H3,(H,28,33,34). The maximum atomic E-state index is 13.2. The molecule has 3 unspecified atom stereocenters. The van der Waals surface area contributed by atoms with E-state index in [4.69, 9.17) is 9.47 Å². The minimum atomic E-state index is -0.757. The SMILES string of the molecule is Cn1c(=O)n(C2CCC(=O)NC2=O)c2cccc(C#CCC34COCC(CN(C(=O)OC(C)(C)C)C3)N4)c21. The summed E-state index contributed by atoms with van der Waals surface area (Å²) in [5.74, 6) is 5.65. The lowest BCUT2D eigenvalue weighted by Gasteiger charge is -2.49. The zero-order chi connectivity index (χ0) is 27.2. The number of aromatic nitrogens is 2. The summed E-state index contributed by atoms with van der Waals surface area (Å²) in [5.41, 5.74) is 0.399. The number of nitrogens with one attached hydrogen (secondary N) is 2. The Morgan fingerprint density at radius 3 is 2.79 bits per heavy atom. The fourth-order valence-electron chi connectivity index (χ4n) is 5.50. The molecule has 202 valence electrons. The lowest BCUT2D eigenvalue weighted by atomic mass is 9.89. The third-order valence-corrected chi connectivity index (χ3v) is 7.07. The van der Waals surface area contributed by atoms with E-state index in [2.05, 4.69) is 22.5 Å². The number of piperazine rings is 1. The van der Waals surface area contributed by atoms with Gasteiger partial charge in [-0.1, -0.05) is 17.9 Å². The summed E-state index contributed by atoms with van der Waals surface area (Å²) in [5, 5.41) is 5.93. The third kappa shape index (κ3) is 4.93. The van der Waals surface area contributed by atoms with Gasteiger partial charge in [0, 0.05) is 39.0 Å². The average Bonchev–Trinajstić information content (AvgIpc) is 3.08. The van der Waals surface area contributed by atoms with Gasteiger partial charge in [-0.2, -0.15) is 0 Å². The summed E-state index contributed by atoms with van der Waals surface area (Å²) in [7, 11) is 1.65. The van der Waals surface area contributed by atoms with Crippen LogP contribution in [0.4, 0.5) is 4.79 Å². The zero-order valence-electron chi connectivity index (χ0n) is 22.1. The molecule has 38 heavy (non-hydrogen) atoms. The summed E-state index contributed by atoms with van der Waals surface area (Å²) in [6.45, 7) is 7.36. The number of morpholine rings is 1. The highest BCUT2D eigenvalue weighted by Crippen LogP contribution is 2.27. The molecule has 1 aromatic carbocycles. The van der Waals surface area contributed by atoms with Crippen molar-refractivity contribution in [3.63, 3.8) is 0 Å². The van der Waals surface area contributed by atoms with Gasteiger partial charge < -0.3 is 19.7 Å². The van der Waals surface area contributed by atoms with E-state index in [0.717, 1.165) is 0 Å². The number of imide groups is 1. The van der Waals surface area contributed by atoms with Crippen molar-refractivity contribution in [1.29, 1.82) is 0 Å². The van der Waals surface area contributed by atoms with E-state index in [9.17, 15) is 19.2 Å². The number of nitrogens with zero attached hydrogens (tertiary/aromatic N) is 3. The number of amides is 3. The predicted molar refractivity (Wildman–Crippen MR) is 138 cm³/mol. The fourth-order valence-corrected chi connectivity index (χ4v) is 5.50. The van der Waals surface area contributed by atoms with Gasteiger partial charge in [0.15, 0.2) is 0 Å². The monoisotopic (exact) mass is 523 g/mol. The largest absolute Gasteiger partial charge is 0.444 e. The van der Waals surface area contributed by atoms with Gasteiger partial charge in [0.2, 0.25) is 11.8 Å². The molecule has 3 aliphatic heterocycles. The van der Waals surface area contributed by atoms with Crippen molar-refractivity contribution in [3.8, 4) is 11.8 Å². The number of fused-ring (bicyclic) bond motifs is 3. The van der Waals surface area contributed by atoms with Gasteiger partial charge >= 0.3 is 11.8 Å². The predicted octanol–water partition coefficient (Wildman–Crippen LogP) is 1.04. The quantitative estimate of drug-likeness (QED) is 0.445. The number of aryl methyl sites for hydroxylation is 1. The van der Waals surface area contributed by atoms with Crippen LogP contribution in [0, 0.1) is 11.8 Å². The van der Waals surface area contributed by atoms with Crippen LogP contribution in [0.5, 0.6) is 0 Å². The number of carbonyl (C=O) groups excluding carboxylic acids is 3. The molecule has 3 fully saturated rings. The molecule has 3 amide bonds. The number of imidazole rings is 1. The summed E-state index contributed by atoms with van der Waals surface area (Å²) in [6, 6.07) is 4.65. The molecule has 2 N–H and O–H groups in total. The van der Waals surface area contributed by atoms with Crippen LogP contribution < -0.4 is 16.3 Å². The van der Waals surface area contributed by atoms with Crippen LogP contribution in [0.25, 0.3) is 11.0 Å². The van der Waals surface area contributed by atoms with E-state index >= 15 is 0 Å². The Labute approximate surface area is 220 Å². The molecule has 11 nitrogen and oxygen atoms in total. The molecule has 2 aromatic rings. The summed E-state index contributed by atoms with van der Waals surface area (Å²) in [6.07, 6.45) is 0.513. The molecule has 1 aromatic heterocycles. The van der Waals surface area contributed by atoms with Crippen LogP contribution in [0.2, 0.25) is 0 Å². The highest BCUT2D eigenvalue weighted by atomic mass is 16.6. The number of hydrogen-bond acceptors (Lipinski definition) is 7. The Hall–Kier alpha value is -3.62. The van der Waals surface area contributed by atoms with Gasteiger partial charge in [-0.15, -0.1) is 0 Å². The molecule has 3 saturated heterocycles. The van der Waals surface area contributed by atoms with Crippen molar-refractivity contribution in [3.05, 3.63) is 34.2 Å². The van der Waals surface area contributed by atoms with Gasteiger partial charge in [0.1, 0.15) is 11.6 Å². The smallest absolute Gasteiger partial charge is 0.410 e. The van der Waals surface area contributed by atoms with E-state index < -0.39 is 23.1 Å². The van der Waals surface area contributed by atoms with Crippen LogP contribution in [0.1, 0.15) is 51.6 Å². The number of piperidine rings is 1. The average molecular weight is 524 g/mol. The summed E-state index contributed by atoms with van der Waals surface area (Å²) >= 11 is 0. The molecule has 2 bridgehead atoms. The van der Waals surface area contributed by atoms with Gasteiger partial charge in [0.05, 0.1) is 35.3 Å². The van der Waals surface area contributed by atoms with Gasteiger partial charge in [-0.05, 0) is 39.3 Å². The van der Waals surface area contributed by atoms with Crippen molar-refractivity contribution >= 4 is 28.9 Å². The fraction of sp³-hybridized carbons (Fsp3) is 0.556. The van der Waals surface area contributed by atoms with E-state index in [1.54, 1.807) is 24.1 Å². The second-order valence-electron chi connectivity index (χ2n) is 11.3. The second kappa shape index (κ2) is 9.60. The van der Waals surface area contributed by atoms with Crippen molar-refractivity contribution in [2.75, 3.05) is 26.3 Å². The van der Waals surface area contributed by atoms with Crippen molar-refractivity contribution in [2.45, 2.75) is 63.3 Å². The van der Waals surface area contributed by atoms with Crippen LogP contribution in [-0.2, 0) is 26.1 Å². The van der Waals surface area contributed by atoms with Crippen molar-refractivity contribution in [2.24, 2.45) is 7.05 Å². The minimum Gasteiger partial charge on any atom is -0.444 e. The number of para-hydroxylation sites is 1. The molecule has 0 radical (unpaired) electrons. The number of rotatable bonds is 2. The molecule has 4 heterocycles. The molecular formula is C27H33N5O6. The Kier molecular flexibility index (Phi) is 6.57. The molecule has 0 saturated carbocycles. The lowest BCUT2D eigenvalue weighted by Crippen LogP contribution is -2.71.